The number of carbonyl (C=O) groups is 3. The van der Waals surface area contributed by atoms with Gasteiger partial charge < -0.3 is 19.4 Å². The predicted octanol–water partition coefficient (Wildman–Crippen LogP) is 1.31. The zero-order valence-corrected chi connectivity index (χ0v) is 20.7. The van der Waals surface area contributed by atoms with Gasteiger partial charge in [0.2, 0.25) is 0 Å². The first-order chi connectivity index (χ1) is 14.0. The van der Waals surface area contributed by atoms with Gasteiger partial charge in [-0.3, -0.25) is 0 Å². The largest absolute Gasteiger partial charge is 1.00 e. The minimum atomic E-state index is -1.42. The normalized spacial score (nSPS) is 10.2. The number of ether oxygens (including phenoxy) is 2. The van der Waals surface area contributed by atoms with Crippen LogP contribution in [0, 0.1) is 0 Å². The molecule has 1 rings (SSSR count). The van der Waals surface area contributed by atoms with Crippen LogP contribution in [0.3, 0.4) is 0 Å². The maximum atomic E-state index is 12.4. The van der Waals surface area contributed by atoms with E-state index in [1.807, 2.05) is 0 Å². The third-order valence-electron chi connectivity index (χ3n) is 4.66. The quantitative estimate of drug-likeness (QED) is 0.238. The van der Waals surface area contributed by atoms with Gasteiger partial charge in [-0.25, -0.2) is 9.59 Å². The molecule has 30 heavy (non-hydrogen) atoms. The summed E-state index contributed by atoms with van der Waals surface area (Å²) in [4.78, 5) is 36.0. The summed E-state index contributed by atoms with van der Waals surface area (Å²) >= 11 is 0. The smallest absolute Gasteiger partial charge is 0.545 e. The van der Waals surface area contributed by atoms with Crippen LogP contribution in [0.2, 0.25) is 0 Å². The summed E-state index contributed by atoms with van der Waals surface area (Å²) in [5.74, 6) is -2.80. The number of hydrogen-bond donors (Lipinski definition) is 0. The molecule has 162 valence electrons. The number of carboxylic acid groups (broad SMARTS) is 1. The number of benzene rings is 1. The fraction of sp³-hybridized carbons (Fsp3) is 0.609. The van der Waals surface area contributed by atoms with Crippen LogP contribution in [-0.2, 0) is 9.47 Å². The van der Waals surface area contributed by atoms with Crippen molar-refractivity contribution in [2.45, 2.75) is 78.1 Å². The van der Waals surface area contributed by atoms with E-state index >= 15 is 0 Å². The van der Waals surface area contributed by atoms with Gasteiger partial charge >= 0.3 is 41.5 Å². The third kappa shape index (κ3) is 11.1. The van der Waals surface area contributed by atoms with E-state index < -0.39 is 17.9 Å². The fourth-order valence-electron chi connectivity index (χ4n) is 2.91. The number of hydrogen-bond acceptors (Lipinski definition) is 6. The summed E-state index contributed by atoms with van der Waals surface area (Å²) in [6.07, 6.45) is 10.1. The van der Waals surface area contributed by atoms with Gasteiger partial charge in [-0.05, 0) is 30.5 Å². The van der Waals surface area contributed by atoms with Gasteiger partial charge in [0, 0.05) is 0 Å². The van der Waals surface area contributed by atoms with E-state index in [0.29, 0.717) is 0 Å². The first kappa shape index (κ1) is 28.6. The average Bonchev–Trinajstić information content (AvgIpc) is 2.72. The summed E-state index contributed by atoms with van der Waals surface area (Å²) < 4.78 is 10.5. The molecule has 0 N–H and O–H groups in total. The molecule has 0 heterocycles. The number of aromatic carboxylic acids is 1. The molecule has 0 aliphatic carbocycles. The van der Waals surface area contributed by atoms with E-state index in [2.05, 4.69) is 13.8 Å². The van der Waals surface area contributed by atoms with Crippen molar-refractivity contribution < 1.29 is 58.5 Å². The Morgan fingerprint density at radius 3 is 1.67 bits per heavy atom. The number of carboxylic acids is 1. The van der Waals surface area contributed by atoms with Crippen LogP contribution >= 0.6 is 0 Å². The Morgan fingerprint density at radius 1 is 0.733 bits per heavy atom. The number of rotatable bonds is 15. The summed E-state index contributed by atoms with van der Waals surface area (Å²) in [5, 5.41) is 11.1. The second-order valence-corrected chi connectivity index (χ2v) is 7.15. The Kier molecular flexibility index (Phi) is 16.5. The van der Waals surface area contributed by atoms with Gasteiger partial charge in [0.25, 0.3) is 0 Å². The van der Waals surface area contributed by atoms with E-state index in [9.17, 15) is 19.5 Å². The van der Waals surface area contributed by atoms with Crippen LogP contribution in [-0.4, -0.2) is 31.1 Å². The van der Waals surface area contributed by atoms with Crippen molar-refractivity contribution in [3.63, 3.8) is 0 Å². The molecule has 0 unspecified atom stereocenters. The Morgan fingerprint density at radius 2 is 1.20 bits per heavy atom. The Balaban J connectivity index is 0.00000841. The molecule has 0 saturated heterocycles. The molecule has 7 heteroatoms. The average molecular weight is 429 g/mol. The molecule has 0 spiro atoms. The van der Waals surface area contributed by atoms with Crippen LogP contribution in [0.25, 0.3) is 0 Å². The van der Waals surface area contributed by atoms with Crippen molar-refractivity contribution >= 4 is 17.9 Å². The number of unbranched alkanes of at least 4 members (excludes halogenated alkanes) is 8. The third-order valence-corrected chi connectivity index (χ3v) is 4.66. The van der Waals surface area contributed by atoms with E-state index in [1.54, 1.807) is 0 Å². The Hall–Kier alpha value is -1.37. The molecule has 6 nitrogen and oxygen atoms in total. The van der Waals surface area contributed by atoms with Crippen molar-refractivity contribution in [2.24, 2.45) is 0 Å². The van der Waals surface area contributed by atoms with Crippen molar-refractivity contribution in [1.82, 2.24) is 0 Å². The summed E-state index contributed by atoms with van der Waals surface area (Å²) in [6.45, 7) is 4.74. The maximum absolute atomic E-state index is 12.4. The van der Waals surface area contributed by atoms with E-state index in [4.69, 9.17) is 9.47 Å². The predicted molar refractivity (Wildman–Crippen MR) is 109 cm³/mol. The van der Waals surface area contributed by atoms with Crippen LogP contribution < -0.4 is 34.7 Å². The van der Waals surface area contributed by atoms with Crippen LogP contribution in [0.4, 0.5) is 0 Å². The van der Waals surface area contributed by atoms with Gasteiger partial charge in [-0.2, -0.15) is 0 Å². The standard InChI is InChI=1S/C23H34O6.Na/c1-3-5-7-9-11-15-28-22(26)19-14-13-18(21(24)25)17-20(19)23(27)29-16-12-10-8-6-4-2;/h13-14,17H,3-12,15-16H2,1-2H3,(H,24,25);/q;+1/p-1. The fourth-order valence-corrected chi connectivity index (χ4v) is 2.91. The maximum Gasteiger partial charge on any atom is 1.00 e. The molecule has 1 aromatic rings. The van der Waals surface area contributed by atoms with E-state index in [-0.39, 0.29) is 59.5 Å². The molecule has 1 aromatic carbocycles. The zero-order valence-electron chi connectivity index (χ0n) is 18.7. The monoisotopic (exact) mass is 428 g/mol. The van der Waals surface area contributed by atoms with Crippen LogP contribution in [0.15, 0.2) is 18.2 Å². The molecule has 0 aliphatic rings. The number of carbonyl (C=O) groups excluding carboxylic acids is 3. The van der Waals surface area contributed by atoms with Gasteiger partial charge in [0.1, 0.15) is 0 Å². The Labute approximate surface area is 202 Å². The topological polar surface area (TPSA) is 92.7 Å². The minimum absolute atomic E-state index is 0. The zero-order chi connectivity index (χ0) is 21.5. The SMILES string of the molecule is CCCCCCCOC(=O)c1ccc(C(=O)[O-])cc1C(=O)OCCCCCCC.[Na+]. The van der Waals surface area contributed by atoms with Gasteiger partial charge in [0.05, 0.1) is 30.3 Å². The molecule has 0 bridgehead atoms. The molecule has 0 fully saturated rings. The second kappa shape index (κ2) is 17.3. The molecule has 0 amide bonds. The molecule has 0 aliphatic heterocycles. The van der Waals surface area contributed by atoms with Crippen LogP contribution in [0.1, 0.15) is 109 Å². The van der Waals surface area contributed by atoms with E-state index in [0.717, 1.165) is 70.3 Å². The molecular formula is C23H33NaO6. The minimum Gasteiger partial charge on any atom is -0.545 e. The number of esters is 2. The molecular weight excluding hydrogens is 395 g/mol. The first-order valence-corrected chi connectivity index (χ1v) is 10.7. The Bertz CT molecular complexity index is 659. The first-order valence-electron chi connectivity index (χ1n) is 10.7. The second-order valence-electron chi connectivity index (χ2n) is 7.15. The molecule has 0 radical (unpaired) electrons. The van der Waals surface area contributed by atoms with Crippen LogP contribution in [0.5, 0.6) is 0 Å². The van der Waals surface area contributed by atoms with Crippen molar-refractivity contribution in [3.05, 3.63) is 34.9 Å². The summed E-state index contributed by atoms with van der Waals surface area (Å²) in [5.41, 5.74) is -0.271. The summed E-state index contributed by atoms with van der Waals surface area (Å²) in [6, 6.07) is 3.63. The van der Waals surface area contributed by atoms with Gasteiger partial charge in [-0.15, -0.1) is 0 Å². The van der Waals surface area contributed by atoms with Gasteiger partial charge in [-0.1, -0.05) is 71.3 Å². The van der Waals surface area contributed by atoms with Crippen molar-refractivity contribution in [2.75, 3.05) is 13.2 Å². The molecule has 0 atom stereocenters. The van der Waals surface area contributed by atoms with Crippen molar-refractivity contribution in [3.8, 4) is 0 Å². The van der Waals surface area contributed by atoms with Gasteiger partial charge in [0.15, 0.2) is 0 Å². The molecule has 0 aromatic heterocycles. The molecule has 0 saturated carbocycles. The summed E-state index contributed by atoms with van der Waals surface area (Å²) in [7, 11) is 0. The van der Waals surface area contributed by atoms with E-state index in [1.165, 1.54) is 12.1 Å². The van der Waals surface area contributed by atoms with Crippen molar-refractivity contribution in [1.29, 1.82) is 0 Å².